The van der Waals surface area contributed by atoms with Gasteiger partial charge in [-0.2, -0.15) is 4.98 Å². The third kappa shape index (κ3) is 6.34. The van der Waals surface area contributed by atoms with Gasteiger partial charge in [0.15, 0.2) is 5.03 Å². The van der Waals surface area contributed by atoms with Crippen molar-refractivity contribution in [3.8, 4) is 11.8 Å². The smallest absolute Gasteiger partial charge is 0.259 e. The van der Waals surface area contributed by atoms with Gasteiger partial charge in [0.25, 0.3) is 10.0 Å². The Morgan fingerprint density at radius 2 is 2.09 bits per heavy atom. The molecule has 3 heterocycles. The first kappa shape index (κ1) is 24.6. The van der Waals surface area contributed by atoms with E-state index in [0.29, 0.717) is 30.0 Å². The minimum atomic E-state index is -3.69. The third-order valence-electron chi connectivity index (χ3n) is 4.85. The molecule has 2 aromatic heterocycles. The van der Waals surface area contributed by atoms with Crippen molar-refractivity contribution >= 4 is 37.5 Å². The van der Waals surface area contributed by atoms with Gasteiger partial charge in [-0.1, -0.05) is 17.9 Å². The fraction of sp³-hybridized carbons (Fsp3) is 0.286. The molecule has 0 fully saturated rings. The highest BCUT2D eigenvalue weighted by Crippen LogP contribution is 2.20. The summed E-state index contributed by atoms with van der Waals surface area (Å²) >= 11 is 0. The highest BCUT2D eigenvalue weighted by molar-refractivity contribution is 7.89. The van der Waals surface area contributed by atoms with Crippen molar-refractivity contribution in [1.29, 1.82) is 0 Å². The highest BCUT2D eigenvalue weighted by atomic mass is 32.2. The summed E-state index contributed by atoms with van der Waals surface area (Å²) in [5.41, 5.74) is 1.06. The van der Waals surface area contributed by atoms with Gasteiger partial charge >= 0.3 is 0 Å². The van der Waals surface area contributed by atoms with E-state index in [2.05, 4.69) is 46.9 Å². The molecular weight excluding hydrogens is 492 g/mol. The van der Waals surface area contributed by atoms with Crippen LogP contribution in [0.4, 0.5) is 17.5 Å². The van der Waals surface area contributed by atoms with Gasteiger partial charge in [-0.05, 0) is 24.6 Å². The molecule has 0 radical (unpaired) electrons. The molecule has 35 heavy (non-hydrogen) atoms. The number of rotatable bonds is 4. The van der Waals surface area contributed by atoms with Crippen LogP contribution in [0.3, 0.4) is 0 Å². The molecule has 0 saturated carbocycles. The van der Waals surface area contributed by atoms with Crippen LogP contribution >= 0.6 is 0 Å². The van der Waals surface area contributed by atoms with E-state index in [-0.39, 0.29) is 35.4 Å². The lowest BCUT2D eigenvalue weighted by atomic mass is 10.3. The van der Waals surface area contributed by atoms with Gasteiger partial charge in [0, 0.05) is 45.0 Å². The summed E-state index contributed by atoms with van der Waals surface area (Å²) in [6.07, 6.45) is 5.17. The van der Waals surface area contributed by atoms with Crippen LogP contribution in [0.25, 0.3) is 0 Å². The normalized spacial score (nSPS) is 15.2. The number of nitrogens with one attached hydrogen (secondary N) is 4. The SMILES string of the molecule is Cn1cnc(S(=O)(=O)NCCC#Cc2cnc3nc2NCCCNS(=O)(=O)c2cccc(c2)N3)c1. The second-order valence-electron chi connectivity index (χ2n) is 7.61. The average molecular weight is 517 g/mol. The summed E-state index contributed by atoms with van der Waals surface area (Å²) in [4.78, 5) is 12.8. The van der Waals surface area contributed by atoms with E-state index in [1.165, 1.54) is 24.7 Å². The van der Waals surface area contributed by atoms with E-state index < -0.39 is 20.0 Å². The molecule has 1 aromatic carbocycles. The molecule has 0 spiro atoms. The largest absolute Gasteiger partial charge is 0.369 e. The van der Waals surface area contributed by atoms with Gasteiger partial charge < -0.3 is 15.2 Å². The molecule has 0 unspecified atom stereocenters. The van der Waals surface area contributed by atoms with Crippen LogP contribution in [0, 0.1) is 11.8 Å². The fourth-order valence-corrected chi connectivity index (χ4v) is 5.26. The summed E-state index contributed by atoms with van der Waals surface area (Å²) < 4.78 is 56.0. The number of nitrogens with zero attached hydrogens (tertiary/aromatic N) is 4. The van der Waals surface area contributed by atoms with Crippen molar-refractivity contribution in [3.05, 3.63) is 48.5 Å². The number of hydrogen-bond donors (Lipinski definition) is 4. The van der Waals surface area contributed by atoms with Crippen molar-refractivity contribution < 1.29 is 16.8 Å². The number of anilines is 3. The minimum absolute atomic E-state index is 0.0484. The Labute approximate surface area is 203 Å². The fourth-order valence-electron chi connectivity index (χ4n) is 3.13. The van der Waals surface area contributed by atoms with Crippen molar-refractivity contribution in [2.24, 2.45) is 7.05 Å². The minimum Gasteiger partial charge on any atom is -0.369 e. The first-order chi connectivity index (χ1) is 16.7. The standard InChI is InChI=1S/C21H24N8O4S2/c1-29-14-19(24-15-29)35(32,33)26-10-3-2-6-16-13-23-21-27-17-7-4-8-18(12-17)34(30,31)25-11-5-9-22-20(16)28-21/h4,7-8,12-15,25-26H,3,5,9-11H2,1H3,(H2,22,23,27,28). The summed E-state index contributed by atoms with van der Waals surface area (Å²) in [6, 6.07) is 6.38. The quantitative estimate of drug-likeness (QED) is 0.290. The Hall–Kier alpha value is -3.51. The van der Waals surface area contributed by atoms with E-state index in [1.807, 2.05) is 0 Å². The molecule has 4 N–H and O–H groups in total. The van der Waals surface area contributed by atoms with E-state index >= 15 is 0 Å². The summed E-state index contributed by atoms with van der Waals surface area (Å²) in [5.74, 6) is 6.66. The number of aryl methyl sites for hydroxylation is 1. The number of sulfonamides is 2. The molecule has 4 rings (SSSR count). The molecule has 1 aliphatic rings. The first-order valence-electron chi connectivity index (χ1n) is 10.7. The second-order valence-corrected chi connectivity index (χ2v) is 11.1. The first-order valence-corrected chi connectivity index (χ1v) is 13.6. The number of aromatic nitrogens is 4. The van der Waals surface area contributed by atoms with Crippen LogP contribution in [0.1, 0.15) is 18.4 Å². The molecule has 14 heteroatoms. The molecule has 12 nitrogen and oxygen atoms in total. The Kier molecular flexibility index (Phi) is 7.31. The monoisotopic (exact) mass is 516 g/mol. The van der Waals surface area contributed by atoms with Crippen LogP contribution in [0.5, 0.6) is 0 Å². The van der Waals surface area contributed by atoms with Crippen LogP contribution in [0.2, 0.25) is 0 Å². The van der Waals surface area contributed by atoms with Gasteiger partial charge in [-0.3, -0.25) is 0 Å². The van der Waals surface area contributed by atoms with Crippen molar-refractivity contribution in [1.82, 2.24) is 29.0 Å². The molecule has 1 aliphatic heterocycles. The van der Waals surface area contributed by atoms with Gasteiger partial charge in [0.05, 0.1) is 23.0 Å². The highest BCUT2D eigenvalue weighted by Gasteiger charge is 2.16. The zero-order valence-electron chi connectivity index (χ0n) is 18.8. The molecular formula is C21H24N8O4S2. The van der Waals surface area contributed by atoms with E-state index in [0.717, 1.165) is 0 Å². The second kappa shape index (κ2) is 10.4. The zero-order valence-corrected chi connectivity index (χ0v) is 20.4. The van der Waals surface area contributed by atoms with Crippen LogP contribution < -0.4 is 20.1 Å². The maximum absolute atomic E-state index is 12.5. The number of hydrogen-bond acceptors (Lipinski definition) is 9. The predicted octanol–water partition coefficient (Wildman–Crippen LogP) is 0.768. The predicted molar refractivity (Wildman–Crippen MR) is 130 cm³/mol. The van der Waals surface area contributed by atoms with Gasteiger partial charge in [0.2, 0.25) is 16.0 Å². The summed E-state index contributed by atoms with van der Waals surface area (Å²) in [5, 5.41) is 6.13. The van der Waals surface area contributed by atoms with Gasteiger partial charge in [-0.15, -0.1) is 0 Å². The van der Waals surface area contributed by atoms with E-state index in [1.54, 1.807) is 29.9 Å². The number of imidazole rings is 1. The topological polar surface area (TPSA) is 160 Å². The Bertz CT molecular complexity index is 1490. The number of benzene rings is 1. The van der Waals surface area contributed by atoms with E-state index in [9.17, 15) is 16.8 Å². The molecule has 0 aliphatic carbocycles. The van der Waals surface area contributed by atoms with Crippen molar-refractivity contribution in [2.75, 3.05) is 30.3 Å². The van der Waals surface area contributed by atoms with Crippen LogP contribution in [-0.4, -0.2) is 56.0 Å². The van der Waals surface area contributed by atoms with Crippen molar-refractivity contribution in [2.45, 2.75) is 22.8 Å². The van der Waals surface area contributed by atoms with Gasteiger partial charge in [0.1, 0.15) is 5.82 Å². The zero-order chi connectivity index (χ0) is 24.9. The molecule has 184 valence electrons. The third-order valence-corrected chi connectivity index (χ3v) is 7.65. The molecule has 0 amide bonds. The molecule has 0 saturated heterocycles. The van der Waals surface area contributed by atoms with Gasteiger partial charge in [-0.25, -0.2) is 36.2 Å². The molecule has 0 atom stereocenters. The lowest BCUT2D eigenvalue weighted by Gasteiger charge is -2.10. The summed E-state index contributed by atoms with van der Waals surface area (Å²) in [7, 11) is -5.63. The maximum Gasteiger partial charge on any atom is 0.259 e. The lowest BCUT2D eigenvalue weighted by molar-refractivity contribution is 0.578. The Morgan fingerprint density at radius 1 is 1.23 bits per heavy atom. The van der Waals surface area contributed by atoms with Crippen molar-refractivity contribution in [3.63, 3.8) is 0 Å². The summed E-state index contributed by atoms with van der Waals surface area (Å²) in [6.45, 7) is 0.823. The lowest BCUT2D eigenvalue weighted by Crippen LogP contribution is -2.26. The molecule has 4 bridgehead atoms. The average Bonchev–Trinajstić information content (AvgIpc) is 3.27. The maximum atomic E-state index is 12.5. The molecule has 3 aromatic rings. The van der Waals surface area contributed by atoms with Crippen LogP contribution in [-0.2, 0) is 27.1 Å². The Morgan fingerprint density at radius 3 is 2.89 bits per heavy atom. The number of fused-ring (bicyclic) bond motifs is 4. The Balaban J connectivity index is 1.47. The van der Waals surface area contributed by atoms with Crippen LogP contribution in [0.15, 0.2) is 52.9 Å². The van der Waals surface area contributed by atoms with E-state index in [4.69, 9.17) is 0 Å².